The van der Waals surface area contributed by atoms with E-state index in [0.29, 0.717) is 19.7 Å². The highest BCUT2D eigenvalue weighted by Crippen LogP contribution is 2.74. The third-order valence-electron chi connectivity index (χ3n) is 6.15. The van der Waals surface area contributed by atoms with Gasteiger partial charge in [-0.2, -0.15) is 14.2 Å². The van der Waals surface area contributed by atoms with E-state index in [2.05, 4.69) is 9.34 Å². The van der Waals surface area contributed by atoms with Crippen molar-refractivity contribution in [1.29, 1.82) is 0 Å². The Balaban J connectivity index is 1.85. The zero-order chi connectivity index (χ0) is 21.7. The Bertz CT molecular complexity index is 861. The number of carbonyl (C=O) groups is 1. The van der Waals surface area contributed by atoms with E-state index in [-0.39, 0.29) is 12.4 Å². The average Bonchev–Trinajstić information content (AvgIpc) is 3.17. The summed E-state index contributed by atoms with van der Waals surface area (Å²) in [7, 11) is -2.99. The third kappa shape index (κ3) is 4.49. The van der Waals surface area contributed by atoms with Crippen LogP contribution in [0.3, 0.4) is 0 Å². The summed E-state index contributed by atoms with van der Waals surface area (Å²) in [6.07, 6.45) is 5.47. The quantitative estimate of drug-likeness (QED) is 0.446. The van der Waals surface area contributed by atoms with Gasteiger partial charge >= 0.3 is 13.8 Å². The maximum atomic E-state index is 12.7. The highest BCUT2D eigenvalue weighted by atomic mass is 31.2. The number of carbonyl (C=O) groups excluding carboxylic acids is 1. The highest BCUT2D eigenvalue weighted by molar-refractivity contribution is 7.77. The largest absolute Gasteiger partial charge is 0.466 e. The Morgan fingerprint density at radius 2 is 1.42 bits per heavy atom. The maximum Gasteiger partial charge on any atom is 0.363 e. The number of esters is 1. The highest BCUT2D eigenvalue weighted by Gasteiger charge is 2.60. The summed E-state index contributed by atoms with van der Waals surface area (Å²) in [5, 5.41) is 0.899. The topological polar surface area (TPSA) is 53.0 Å². The van der Waals surface area contributed by atoms with Crippen LogP contribution in [0.5, 0.6) is 0 Å². The molecule has 2 aliphatic rings. The fourth-order valence-electron chi connectivity index (χ4n) is 4.73. The number of allylic oxidation sites excluding steroid dienone is 1. The molecule has 1 saturated heterocycles. The second-order valence-corrected chi connectivity index (χ2v) is 10.7. The molecule has 0 amide bonds. The van der Waals surface area contributed by atoms with E-state index in [0.717, 1.165) is 42.4 Å². The first-order valence-electron chi connectivity index (χ1n) is 11.3. The molecule has 1 aliphatic heterocycles. The molecule has 0 bridgehead atoms. The molecule has 0 atom stereocenters. The van der Waals surface area contributed by atoms with Crippen molar-refractivity contribution in [3.05, 3.63) is 71.6 Å². The van der Waals surface area contributed by atoms with Crippen LogP contribution >= 0.6 is 7.79 Å². The molecule has 1 aliphatic carbocycles. The molecule has 0 aromatic heterocycles. The molecule has 6 heteroatoms. The SMILES string of the molecule is CCOC(=O)CC(=C1CCCCC1)[P+]1(O)N(c2ccccc2)CCN1c1ccccc1. The van der Waals surface area contributed by atoms with Crippen LogP contribution < -0.4 is 9.34 Å². The lowest BCUT2D eigenvalue weighted by atomic mass is 9.94. The van der Waals surface area contributed by atoms with E-state index in [9.17, 15) is 9.69 Å². The summed E-state index contributed by atoms with van der Waals surface area (Å²) in [5.74, 6) is -0.253. The van der Waals surface area contributed by atoms with Crippen LogP contribution in [-0.4, -0.2) is 30.6 Å². The summed E-state index contributed by atoms with van der Waals surface area (Å²) in [6, 6.07) is 20.2. The molecule has 2 aromatic rings. The summed E-state index contributed by atoms with van der Waals surface area (Å²) >= 11 is 0. The van der Waals surface area contributed by atoms with Gasteiger partial charge in [0, 0.05) is 0 Å². The van der Waals surface area contributed by atoms with Crippen molar-refractivity contribution in [1.82, 2.24) is 0 Å². The molecule has 1 N–H and O–H groups in total. The number of ether oxygens (including phenoxy) is 1. The molecule has 164 valence electrons. The van der Waals surface area contributed by atoms with E-state index in [4.69, 9.17) is 4.74 Å². The van der Waals surface area contributed by atoms with Crippen LogP contribution in [0.25, 0.3) is 0 Å². The molecule has 2 fully saturated rings. The maximum absolute atomic E-state index is 12.7. The van der Waals surface area contributed by atoms with Crippen molar-refractivity contribution in [2.75, 3.05) is 29.0 Å². The number of rotatable bonds is 6. The molecule has 4 rings (SSSR count). The van der Waals surface area contributed by atoms with Crippen LogP contribution in [0.4, 0.5) is 11.4 Å². The lowest BCUT2D eigenvalue weighted by Gasteiger charge is -2.34. The van der Waals surface area contributed by atoms with Gasteiger partial charge in [-0.05, 0) is 62.4 Å². The lowest BCUT2D eigenvalue weighted by molar-refractivity contribution is -0.142. The molecular formula is C25H32N2O3P+. The zero-order valence-corrected chi connectivity index (χ0v) is 19.1. The normalized spacial score (nSPS) is 18.2. The standard InChI is InChI=1S/C25H32N2O3P/c1-2-30-25(28)20-24(21-12-6-3-7-13-21)31(29)26(22-14-8-4-9-15-22)18-19-27(31)23-16-10-5-11-17-23/h4-5,8-11,14-17,29H,2-3,6-7,12-13,18-20H2,1H3/q+1. The predicted octanol–water partition coefficient (Wildman–Crippen LogP) is 5.94. The van der Waals surface area contributed by atoms with Crippen molar-refractivity contribution < 1.29 is 14.4 Å². The van der Waals surface area contributed by atoms with Crippen molar-refractivity contribution in [2.45, 2.75) is 45.4 Å². The van der Waals surface area contributed by atoms with Crippen LogP contribution in [0.15, 0.2) is 71.6 Å². The van der Waals surface area contributed by atoms with Crippen LogP contribution in [-0.2, 0) is 9.53 Å². The smallest absolute Gasteiger partial charge is 0.363 e. The van der Waals surface area contributed by atoms with Gasteiger partial charge in [-0.1, -0.05) is 42.8 Å². The molecule has 1 saturated carbocycles. The minimum atomic E-state index is -2.99. The Morgan fingerprint density at radius 3 is 1.90 bits per heavy atom. The molecule has 0 radical (unpaired) electrons. The number of benzene rings is 2. The van der Waals surface area contributed by atoms with Gasteiger partial charge in [-0.25, -0.2) is 0 Å². The molecule has 2 aromatic carbocycles. The second-order valence-electron chi connectivity index (χ2n) is 8.08. The molecule has 0 unspecified atom stereocenters. The van der Waals surface area contributed by atoms with E-state index in [1.807, 2.05) is 67.6 Å². The van der Waals surface area contributed by atoms with Gasteiger partial charge in [0.15, 0.2) is 5.31 Å². The molecule has 0 spiro atoms. The zero-order valence-electron chi connectivity index (χ0n) is 18.2. The van der Waals surface area contributed by atoms with Crippen molar-refractivity contribution in [3.8, 4) is 0 Å². The molecular weight excluding hydrogens is 407 g/mol. The number of hydrogen-bond donors (Lipinski definition) is 1. The van der Waals surface area contributed by atoms with Gasteiger partial charge in [-0.3, -0.25) is 4.79 Å². The van der Waals surface area contributed by atoms with Crippen molar-refractivity contribution in [3.63, 3.8) is 0 Å². The summed E-state index contributed by atoms with van der Waals surface area (Å²) < 4.78 is 9.64. The third-order valence-corrected chi connectivity index (χ3v) is 9.56. The Labute approximate surface area is 185 Å². The lowest BCUT2D eigenvalue weighted by Crippen LogP contribution is -2.28. The molecule has 1 heterocycles. The molecule has 31 heavy (non-hydrogen) atoms. The summed E-state index contributed by atoms with van der Waals surface area (Å²) in [4.78, 5) is 25.3. The van der Waals surface area contributed by atoms with Gasteiger partial charge in [0.25, 0.3) is 0 Å². The second kappa shape index (κ2) is 9.84. The number of hydrogen-bond acceptors (Lipinski definition) is 5. The number of nitrogens with zero attached hydrogens (tertiary/aromatic N) is 2. The van der Waals surface area contributed by atoms with E-state index in [1.54, 1.807) is 0 Å². The number of anilines is 2. The minimum Gasteiger partial charge on any atom is -0.466 e. The van der Waals surface area contributed by atoms with E-state index >= 15 is 0 Å². The van der Waals surface area contributed by atoms with E-state index in [1.165, 1.54) is 12.0 Å². The van der Waals surface area contributed by atoms with Crippen LogP contribution in [0.2, 0.25) is 0 Å². The van der Waals surface area contributed by atoms with Gasteiger partial charge in [0.2, 0.25) is 0 Å². The van der Waals surface area contributed by atoms with Gasteiger partial charge in [-0.15, -0.1) is 0 Å². The monoisotopic (exact) mass is 439 g/mol. The fourth-order valence-corrected chi connectivity index (χ4v) is 8.21. The van der Waals surface area contributed by atoms with Crippen LogP contribution in [0, 0.1) is 0 Å². The predicted molar refractivity (Wildman–Crippen MR) is 128 cm³/mol. The minimum absolute atomic E-state index is 0.153. The Hall–Kier alpha value is -2.36. The first-order chi connectivity index (χ1) is 15.1. The fraction of sp³-hybridized carbons (Fsp3) is 0.400. The summed E-state index contributed by atoms with van der Waals surface area (Å²) in [6.45, 7) is 3.60. The average molecular weight is 440 g/mol. The van der Waals surface area contributed by atoms with Gasteiger partial charge in [0.05, 0.1) is 31.1 Å². The molecule has 5 nitrogen and oxygen atoms in total. The Morgan fingerprint density at radius 1 is 0.903 bits per heavy atom. The summed E-state index contributed by atoms with van der Waals surface area (Å²) in [5.41, 5.74) is 3.24. The number of para-hydroxylation sites is 2. The Kier molecular flexibility index (Phi) is 6.94. The van der Waals surface area contributed by atoms with Crippen LogP contribution in [0.1, 0.15) is 45.4 Å². The van der Waals surface area contributed by atoms with Crippen molar-refractivity contribution >= 4 is 25.1 Å². The first-order valence-corrected chi connectivity index (χ1v) is 12.9. The van der Waals surface area contributed by atoms with E-state index < -0.39 is 7.79 Å². The first kappa shape index (κ1) is 21.9. The van der Waals surface area contributed by atoms with Crippen molar-refractivity contribution in [2.24, 2.45) is 0 Å². The van der Waals surface area contributed by atoms with Gasteiger partial charge < -0.3 is 4.74 Å². The van der Waals surface area contributed by atoms with Gasteiger partial charge in [0.1, 0.15) is 6.42 Å².